The summed E-state index contributed by atoms with van der Waals surface area (Å²) >= 11 is 3.52. The van der Waals surface area contributed by atoms with Gasteiger partial charge in [0.15, 0.2) is 11.6 Å². The molecule has 0 aliphatic carbocycles. The average molecular weight is 459 g/mol. The molecule has 0 bridgehead atoms. The second-order valence-corrected chi connectivity index (χ2v) is 8.01. The molecule has 7 heteroatoms. The van der Waals surface area contributed by atoms with Crippen LogP contribution in [0.1, 0.15) is 48.3 Å². The molecule has 2 atom stereocenters. The number of hydrogen-bond acceptors (Lipinski definition) is 4. The highest BCUT2D eigenvalue weighted by Crippen LogP contribution is 2.48. The SMILES string of the molecule is CCc1ccc(C2=NN3[C@H](C2)c2cc(Br)ccc2O[C@@H]3c2ccc(F)c(F)c2)o1. The minimum absolute atomic E-state index is 0.0976. The fraction of sp³-hybridized carbons (Fsp3) is 0.227. The van der Waals surface area contributed by atoms with Crippen molar-refractivity contribution in [3.8, 4) is 5.75 Å². The van der Waals surface area contributed by atoms with Gasteiger partial charge in [-0.15, -0.1) is 0 Å². The average Bonchev–Trinajstić information content (AvgIpc) is 3.36. The predicted molar refractivity (Wildman–Crippen MR) is 108 cm³/mol. The molecule has 3 aromatic rings. The van der Waals surface area contributed by atoms with Crippen molar-refractivity contribution < 1.29 is 17.9 Å². The first-order valence-corrected chi connectivity index (χ1v) is 10.2. The highest BCUT2D eigenvalue weighted by Gasteiger charge is 2.41. The highest BCUT2D eigenvalue weighted by molar-refractivity contribution is 9.10. The van der Waals surface area contributed by atoms with Gasteiger partial charge in [0, 0.05) is 28.4 Å². The number of halogens is 3. The molecule has 0 spiro atoms. The Bertz CT molecular complexity index is 1130. The molecule has 2 aromatic carbocycles. The summed E-state index contributed by atoms with van der Waals surface area (Å²) in [5.41, 5.74) is 2.29. The van der Waals surface area contributed by atoms with E-state index in [1.165, 1.54) is 6.07 Å². The van der Waals surface area contributed by atoms with Crippen molar-refractivity contribution in [2.24, 2.45) is 5.10 Å². The first kappa shape index (κ1) is 18.4. The second-order valence-electron chi connectivity index (χ2n) is 7.09. The Balaban J connectivity index is 1.60. The van der Waals surface area contributed by atoms with E-state index in [4.69, 9.17) is 14.3 Å². The molecule has 3 heterocycles. The van der Waals surface area contributed by atoms with Gasteiger partial charge < -0.3 is 9.15 Å². The molecule has 2 aliphatic rings. The fourth-order valence-electron chi connectivity index (χ4n) is 3.82. The number of aryl methyl sites for hydroxylation is 1. The van der Waals surface area contributed by atoms with Crippen LogP contribution in [-0.4, -0.2) is 10.7 Å². The lowest BCUT2D eigenvalue weighted by Gasteiger charge is -2.38. The van der Waals surface area contributed by atoms with Crippen molar-refractivity contribution >= 4 is 21.6 Å². The molecule has 0 saturated carbocycles. The van der Waals surface area contributed by atoms with Crippen LogP contribution in [0.15, 0.2) is 62.5 Å². The molecule has 0 saturated heterocycles. The third kappa shape index (κ3) is 3.13. The van der Waals surface area contributed by atoms with Gasteiger partial charge in [0.2, 0.25) is 6.23 Å². The standard InChI is InChI=1S/C22H17BrF2N2O2/c1-2-14-5-8-21(28-14)18-11-19-15-10-13(23)4-7-20(15)29-22(27(19)26-18)12-3-6-16(24)17(25)9-12/h3-10,19,22H,2,11H2,1H3/t19-,22-/m1/s1. The van der Waals surface area contributed by atoms with Crippen LogP contribution < -0.4 is 4.74 Å². The van der Waals surface area contributed by atoms with Crippen molar-refractivity contribution in [2.75, 3.05) is 0 Å². The van der Waals surface area contributed by atoms with E-state index in [2.05, 4.69) is 15.9 Å². The van der Waals surface area contributed by atoms with Crippen LogP contribution in [0.2, 0.25) is 0 Å². The topological polar surface area (TPSA) is 38.0 Å². The van der Waals surface area contributed by atoms with Crippen molar-refractivity contribution in [3.63, 3.8) is 0 Å². The number of ether oxygens (including phenoxy) is 1. The van der Waals surface area contributed by atoms with E-state index < -0.39 is 17.9 Å². The minimum atomic E-state index is -0.911. The summed E-state index contributed by atoms with van der Waals surface area (Å²) in [4.78, 5) is 0. The molecule has 0 amide bonds. The molecule has 5 rings (SSSR count). The van der Waals surface area contributed by atoms with E-state index in [1.807, 2.05) is 42.3 Å². The Morgan fingerprint density at radius 3 is 2.72 bits per heavy atom. The number of fused-ring (bicyclic) bond motifs is 3. The Morgan fingerprint density at radius 2 is 1.97 bits per heavy atom. The molecular weight excluding hydrogens is 442 g/mol. The van der Waals surface area contributed by atoms with Crippen molar-refractivity contribution in [1.29, 1.82) is 0 Å². The van der Waals surface area contributed by atoms with Gasteiger partial charge in [-0.3, -0.25) is 0 Å². The van der Waals surface area contributed by atoms with Gasteiger partial charge in [0.25, 0.3) is 0 Å². The predicted octanol–water partition coefficient (Wildman–Crippen LogP) is 6.13. The third-order valence-electron chi connectivity index (χ3n) is 5.28. The van der Waals surface area contributed by atoms with Gasteiger partial charge >= 0.3 is 0 Å². The van der Waals surface area contributed by atoms with E-state index in [0.29, 0.717) is 17.7 Å². The number of nitrogens with zero attached hydrogens (tertiary/aromatic N) is 2. The largest absolute Gasteiger partial charge is 0.464 e. The number of hydrogen-bond donors (Lipinski definition) is 0. The van der Waals surface area contributed by atoms with Gasteiger partial charge in [0.1, 0.15) is 23.0 Å². The summed E-state index contributed by atoms with van der Waals surface area (Å²) in [6.07, 6.45) is 0.766. The maximum atomic E-state index is 13.9. The Labute approximate surface area is 174 Å². The first-order chi connectivity index (χ1) is 14.0. The number of hydrazone groups is 1. The Kier molecular flexibility index (Phi) is 4.42. The van der Waals surface area contributed by atoms with Crippen LogP contribution in [0.5, 0.6) is 5.75 Å². The molecule has 0 radical (unpaired) electrons. The van der Waals surface area contributed by atoms with Crippen molar-refractivity contribution in [3.05, 3.63) is 87.3 Å². The summed E-state index contributed by atoms with van der Waals surface area (Å²) in [6, 6.07) is 13.4. The Hall–Kier alpha value is -2.67. The minimum Gasteiger partial charge on any atom is -0.464 e. The van der Waals surface area contributed by atoms with Crippen LogP contribution in [-0.2, 0) is 6.42 Å². The number of rotatable bonds is 3. The molecule has 1 aromatic heterocycles. The summed E-state index contributed by atoms with van der Waals surface area (Å²) in [6.45, 7) is 2.03. The third-order valence-corrected chi connectivity index (χ3v) is 5.77. The zero-order valence-corrected chi connectivity index (χ0v) is 17.1. The molecule has 148 valence electrons. The molecular formula is C22H17BrF2N2O2. The Morgan fingerprint density at radius 1 is 1.10 bits per heavy atom. The summed E-state index contributed by atoms with van der Waals surface area (Å²) in [7, 11) is 0. The number of furan rings is 1. The van der Waals surface area contributed by atoms with Crippen LogP contribution >= 0.6 is 15.9 Å². The van der Waals surface area contributed by atoms with Crippen LogP contribution in [0.4, 0.5) is 8.78 Å². The van der Waals surface area contributed by atoms with Gasteiger partial charge in [-0.1, -0.05) is 28.9 Å². The fourth-order valence-corrected chi connectivity index (χ4v) is 4.19. The maximum absolute atomic E-state index is 13.9. The normalized spacial score (nSPS) is 20.1. The van der Waals surface area contributed by atoms with Gasteiger partial charge in [-0.2, -0.15) is 5.10 Å². The van der Waals surface area contributed by atoms with E-state index in [-0.39, 0.29) is 6.04 Å². The summed E-state index contributed by atoms with van der Waals surface area (Å²) in [5, 5.41) is 6.58. The van der Waals surface area contributed by atoms with Crippen molar-refractivity contribution in [2.45, 2.75) is 32.0 Å². The van der Waals surface area contributed by atoms with Crippen LogP contribution in [0.3, 0.4) is 0 Å². The van der Waals surface area contributed by atoms with Gasteiger partial charge in [-0.25, -0.2) is 13.8 Å². The van der Waals surface area contributed by atoms with E-state index in [9.17, 15) is 8.78 Å². The lowest BCUT2D eigenvalue weighted by atomic mass is 9.97. The maximum Gasteiger partial charge on any atom is 0.213 e. The van der Waals surface area contributed by atoms with E-state index >= 15 is 0 Å². The molecule has 4 nitrogen and oxygen atoms in total. The zero-order chi connectivity index (χ0) is 20.1. The second kappa shape index (κ2) is 6.99. The van der Waals surface area contributed by atoms with E-state index in [1.54, 1.807) is 0 Å². The number of benzene rings is 2. The molecule has 0 unspecified atom stereocenters. The lowest BCUT2D eigenvalue weighted by molar-refractivity contribution is -0.0193. The van der Waals surface area contributed by atoms with Crippen LogP contribution in [0, 0.1) is 11.6 Å². The summed E-state index contributed by atoms with van der Waals surface area (Å²) in [5.74, 6) is 0.514. The molecule has 0 N–H and O–H groups in total. The molecule has 29 heavy (non-hydrogen) atoms. The zero-order valence-electron chi connectivity index (χ0n) is 15.5. The smallest absolute Gasteiger partial charge is 0.213 e. The monoisotopic (exact) mass is 458 g/mol. The van der Waals surface area contributed by atoms with Crippen LogP contribution in [0.25, 0.3) is 0 Å². The first-order valence-electron chi connectivity index (χ1n) is 9.39. The summed E-state index contributed by atoms with van der Waals surface area (Å²) < 4.78 is 40.4. The van der Waals surface area contributed by atoms with Crippen molar-refractivity contribution in [1.82, 2.24) is 5.01 Å². The van der Waals surface area contributed by atoms with Gasteiger partial charge in [-0.05, 0) is 42.5 Å². The molecule has 2 aliphatic heterocycles. The lowest BCUT2D eigenvalue weighted by Crippen LogP contribution is -2.33. The van der Waals surface area contributed by atoms with E-state index in [0.717, 1.165) is 45.8 Å². The highest BCUT2D eigenvalue weighted by atomic mass is 79.9. The van der Waals surface area contributed by atoms with Gasteiger partial charge in [0.05, 0.1) is 6.04 Å². The quantitative estimate of drug-likeness (QED) is 0.474. The molecule has 0 fully saturated rings.